The van der Waals surface area contributed by atoms with Gasteiger partial charge in [0.05, 0.1) is 18.7 Å². The number of hydrogen-bond acceptors (Lipinski definition) is 4. The molecule has 0 saturated heterocycles. The number of anilines is 1. The fourth-order valence-corrected chi connectivity index (χ4v) is 3.17. The number of amides is 2. The third-order valence-corrected chi connectivity index (χ3v) is 4.68. The van der Waals surface area contributed by atoms with Crippen LogP contribution in [0.5, 0.6) is 11.5 Å². The zero-order valence-electron chi connectivity index (χ0n) is 17.7. The summed E-state index contributed by atoms with van der Waals surface area (Å²) >= 11 is 6.26. The molecule has 2 aromatic carbocycles. The first-order chi connectivity index (χ1) is 14.4. The van der Waals surface area contributed by atoms with Crippen molar-refractivity contribution in [1.82, 2.24) is 4.90 Å². The Labute approximate surface area is 182 Å². The first-order valence-corrected chi connectivity index (χ1v) is 10.2. The molecule has 0 fully saturated rings. The van der Waals surface area contributed by atoms with Crippen molar-refractivity contribution >= 4 is 35.2 Å². The average Bonchev–Trinajstić information content (AvgIpc) is 2.74. The van der Waals surface area contributed by atoms with Gasteiger partial charge in [-0.3, -0.25) is 9.59 Å². The van der Waals surface area contributed by atoms with E-state index < -0.39 is 0 Å². The third-order valence-electron chi connectivity index (χ3n) is 4.40. The highest BCUT2D eigenvalue weighted by Gasteiger charge is 2.13. The highest BCUT2D eigenvalue weighted by atomic mass is 35.5. The molecule has 0 spiro atoms. The van der Waals surface area contributed by atoms with Gasteiger partial charge in [-0.15, -0.1) is 0 Å². The molecule has 0 heterocycles. The molecule has 2 rings (SSSR count). The largest absolute Gasteiger partial charge is 0.493 e. The van der Waals surface area contributed by atoms with Crippen LogP contribution in [-0.2, 0) is 4.79 Å². The number of carbonyl (C=O) groups excluding carboxylic acids is 2. The molecule has 0 saturated carbocycles. The Balaban J connectivity index is 2.13. The van der Waals surface area contributed by atoms with Crippen molar-refractivity contribution in [3.63, 3.8) is 0 Å². The van der Waals surface area contributed by atoms with Crippen molar-refractivity contribution in [3.05, 3.63) is 58.6 Å². The zero-order chi connectivity index (χ0) is 22.1. The SMILES string of the molecule is CCOc1c(Cl)cc(/C=C/C(=O)Nc2cccc(C(=O)N(CC)CC)c2)cc1OC. The molecular formula is C23H27ClN2O4. The number of benzene rings is 2. The van der Waals surface area contributed by atoms with E-state index in [1.165, 1.54) is 13.2 Å². The normalized spacial score (nSPS) is 10.7. The first-order valence-electron chi connectivity index (χ1n) is 9.82. The minimum atomic E-state index is -0.327. The standard InChI is InChI=1S/C23H27ClN2O4/c1-5-26(6-2)23(28)17-9-8-10-18(15-17)25-21(27)12-11-16-13-19(24)22(30-7-3)20(14-16)29-4/h8-15H,5-7H2,1-4H3,(H,25,27)/b12-11+. The number of nitrogens with zero attached hydrogens (tertiary/aromatic N) is 1. The molecule has 2 amide bonds. The summed E-state index contributed by atoms with van der Waals surface area (Å²) in [6.45, 7) is 7.44. The number of methoxy groups -OCH3 is 1. The van der Waals surface area contributed by atoms with E-state index in [0.717, 1.165) is 0 Å². The molecule has 2 aromatic rings. The average molecular weight is 431 g/mol. The number of rotatable bonds is 9. The first kappa shape index (κ1) is 23.3. The summed E-state index contributed by atoms with van der Waals surface area (Å²) in [5, 5.41) is 3.17. The maximum absolute atomic E-state index is 12.5. The molecule has 0 atom stereocenters. The van der Waals surface area contributed by atoms with Crippen LogP contribution in [0.25, 0.3) is 6.08 Å². The van der Waals surface area contributed by atoms with Crippen LogP contribution in [0.4, 0.5) is 5.69 Å². The fourth-order valence-electron chi connectivity index (χ4n) is 2.90. The number of halogens is 1. The Morgan fingerprint density at radius 1 is 1.13 bits per heavy atom. The lowest BCUT2D eigenvalue weighted by Crippen LogP contribution is -2.30. The van der Waals surface area contributed by atoms with Gasteiger partial charge < -0.3 is 19.7 Å². The van der Waals surface area contributed by atoms with Gasteiger partial charge in [-0.1, -0.05) is 17.7 Å². The maximum atomic E-state index is 12.5. The van der Waals surface area contributed by atoms with E-state index in [1.807, 2.05) is 20.8 Å². The molecule has 0 aliphatic carbocycles. The van der Waals surface area contributed by atoms with Crippen LogP contribution < -0.4 is 14.8 Å². The number of carbonyl (C=O) groups is 2. The van der Waals surface area contributed by atoms with E-state index in [0.29, 0.717) is 53.0 Å². The van der Waals surface area contributed by atoms with Gasteiger partial charge in [-0.05, 0) is 62.7 Å². The van der Waals surface area contributed by atoms with Crippen molar-refractivity contribution < 1.29 is 19.1 Å². The predicted octanol–water partition coefficient (Wildman–Crippen LogP) is 4.88. The van der Waals surface area contributed by atoms with Gasteiger partial charge >= 0.3 is 0 Å². The van der Waals surface area contributed by atoms with E-state index in [2.05, 4.69) is 5.32 Å². The molecule has 6 nitrogen and oxygen atoms in total. The van der Waals surface area contributed by atoms with Crippen LogP contribution >= 0.6 is 11.6 Å². The van der Waals surface area contributed by atoms with Gasteiger partial charge in [0.1, 0.15) is 0 Å². The summed E-state index contributed by atoms with van der Waals surface area (Å²) in [5.41, 5.74) is 1.77. The van der Waals surface area contributed by atoms with Crippen LogP contribution in [0.2, 0.25) is 5.02 Å². The Hall–Kier alpha value is -2.99. The molecule has 160 valence electrons. The number of hydrogen-bond donors (Lipinski definition) is 1. The van der Waals surface area contributed by atoms with E-state index >= 15 is 0 Å². The van der Waals surface area contributed by atoms with Crippen LogP contribution in [0.1, 0.15) is 36.7 Å². The summed E-state index contributed by atoms with van der Waals surface area (Å²) in [6.07, 6.45) is 3.02. The Morgan fingerprint density at radius 2 is 1.87 bits per heavy atom. The second kappa shape index (κ2) is 11.3. The highest BCUT2D eigenvalue weighted by Crippen LogP contribution is 2.36. The fraction of sp³-hybridized carbons (Fsp3) is 0.304. The highest BCUT2D eigenvalue weighted by molar-refractivity contribution is 6.32. The molecule has 0 unspecified atom stereocenters. The van der Waals surface area contributed by atoms with Gasteiger partial charge in [0.25, 0.3) is 5.91 Å². The second-order valence-corrected chi connectivity index (χ2v) is 6.76. The Kier molecular flexibility index (Phi) is 8.74. The van der Waals surface area contributed by atoms with Gasteiger partial charge in [-0.25, -0.2) is 0 Å². The third kappa shape index (κ3) is 6.00. The maximum Gasteiger partial charge on any atom is 0.253 e. The lowest BCUT2D eigenvalue weighted by molar-refractivity contribution is -0.111. The molecule has 7 heteroatoms. The molecule has 1 N–H and O–H groups in total. The second-order valence-electron chi connectivity index (χ2n) is 6.35. The van der Waals surface area contributed by atoms with E-state index in [4.69, 9.17) is 21.1 Å². The summed E-state index contributed by atoms with van der Waals surface area (Å²) in [6, 6.07) is 10.3. The van der Waals surface area contributed by atoms with Crippen molar-refractivity contribution in [3.8, 4) is 11.5 Å². The smallest absolute Gasteiger partial charge is 0.253 e. The summed E-state index contributed by atoms with van der Waals surface area (Å²) < 4.78 is 10.8. The molecule has 0 aromatic heterocycles. The van der Waals surface area contributed by atoms with Gasteiger partial charge in [0.2, 0.25) is 5.91 Å². The van der Waals surface area contributed by atoms with Gasteiger partial charge in [0.15, 0.2) is 11.5 Å². The number of ether oxygens (including phenoxy) is 2. The molecule has 0 aliphatic heterocycles. The lowest BCUT2D eigenvalue weighted by atomic mass is 10.1. The summed E-state index contributed by atoms with van der Waals surface area (Å²) in [4.78, 5) is 26.6. The molecule has 0 bridgehead atoms. The van der Waals surface area contributed by atoms with Crippen molar-refractivity contribution in [2.75, 3.05) is 32.1 Å². The van der Waals surface area contributed by atoms with Crippen LogP contribution in [-0.4, -0.2) is 43.5 Å². The molecule has 30 heavy (non-hydrogen) atoms. The summed E-state index contributed by atoms with van der Waals surface area (Å²) in [7, 11) is 1.53. The quantitative estimate of drug-likeness (QED) is 0.575. The van der Waals surface area contributed by atoms with Crippen LogP contribution in [0, 0.1) is 0 Å². The molecular weight excluding hydrogens is 404 g/mol. The minimum absolute atomic E-state index is 0.0669. The van der Waals surface area contributed by atoms with Crippen LogP contribution in [0.15, 0.2) is 42.5 Å². The zero-order valence-corrected chi connectivity index (χ0v) is 18.5. The number of nitrogens with one attached hydrogen (secondary N) is 1. The van der Waals surface area contributed by atoms with Gasteiger partial charge in [0, 0.05) is 30.4 Å². The van der Waals surface area contributed by atoms with Crippen molar-refractivity contribution in [2.24, 2.45) is 0 Å². The van der Waals surface area contributed by atoms with E-state index in [9.17, 15) is 9.59 Å². The van der Waals surface area contributed by atoms with E-state index in [1.54, 1.807) is 47.4 Å². The molecule has 0 radical (unpaired) electrons. The van der Waals surface area contributed by atoms with Crippen LogP contribution in [0.3, 0.4) is 0 Å². The Morgan fingerprint density at radius 3 is 2.50 bits per heavy atom. The topological polar surface area (TPSA) is 67.9 Å². The van der Waals surface area contributed by atoms with Crippen molar-refractivity contribution in [2.45, 2.75) is 20.8 Å². The molecule has 0 aliphatic rings. The van der Waals surface area contributed by atoms with Crippen molar-refractivity contribution in [1.29, 1.82) is 0 Å². The Bertz CT molecular complexity index is 923. The lowest BCUT2D eigenvalue weighted by Gasteiger charge is -2.18. The summed E-state index contributed by atoms with van der Waals surface area (Å²) in [5.74, 6) is 0.569. The predicted molar refractivity (Wildman–Crippen MR) is 121 cm³/mol. The van der Waals surface area contributed by atoms with Gasteiger partial charge in [-0.2, -0.15) is 0 Å². The monoisotopic (exact) mass is 430 g/mol. The van der Waals surface area contributed by atoms with E-state index in [-0.39, 0.29) is 11.8 Å². The minimum Gasteiger partial charge on any atom is -0.493 e.